The van der Waals surface area contributed by atoms with Crippen LogP contribution in [0.2, 0.25) is 0 Å². The zero-order valence-electron chi connectivity index (χ0n) is 14.6. The molecule has 0 saturated carbocycles. The van der Waals surface area contributed by atoms with Crippen molar-refractivity contribution in [3.05, 3.63) is 23.8 Å². The molecule has 0 unspecified atom stereocenters. The Morgan fingerprint density at radius 2 is 1.88 bits per heavy atom. The van der Waals surface area contributed by atoms with Crippen molar-refractivity contribution in [1.29, 1.82) is 0 Å². The van der Waals surface area contributed by atoms with E-state index in [4.69, 9.17) is 0 Å². The van der Waals surface area contributed by atoms with E-state index in [0.29, 0.717) is 23.7 Å². The van der Waals surface area contributed by atoms with Crippen LogP contribution in [0.4, 0.5) is 11.4 Å². The highest BCUT2D eigenvalue weighted by Crippen LogP contribution is 2.28. The van der Waals surface area contributed by atoms with Gasteiger partial charge in [0.25, 0.3) is 0 Å². The molecule has 2 heterocycles. The Morgan fingerprint density at radius 1 is 1.20 bits per heavy atom. The monoisotopic (exact) mass is 343 g/mol. The fourth-order valence-electron chi connectivity index (χ4n) is 3.56. The van der Waals surface area contributed by atoms with Crippen molar-refractivity contribution < 1.29 is 14.4 Å². The first kappa shape index (κ1) is 17.6. The van der Waals surface area contributed by atoms with Gasteiger partial charge in [0.2, 0.25) is 17.7 Å². The van der Waals surface area contributed by atoms with E-state index >= 15 is 0 Å². The summed E-state index contributed by atoms with van der Waals surface area (Å²) >= 11 is 0. The zero-order chi connectivity index (χ0) is 17.8. The predicted molar refractivity (Wildman–Crippen MR) is 96.4 cm³/mol. The Labute approximate surface area is 148 Å². The van der Waals surface area contributed by atoms with Gasteiger partial charge in [-0.2, -0.15) is 0 Å². The standard InChI is InChI=1S/C19H25N3O3/c1-13-12-15(3-4-16(13)22-18(24)6-7-19(22)25)21-17(23)5-2-14-8-10-20-11-9-14/h3-4,12,14,20H,2,5-11H2,1H3,(H,21,23). The highest BCUT2D eigenvalue weighted by Gasteiger charge is 2.31. The van der Waals surface area contributed by atoms with E-state index in [1.54, 1.807) is 12.1 Å². The summed E-state index contributed by atoms with van der Waals surface area (Å²) in [6.07, 6.45) is 4.26. The molecule has 2 fully saturated rings. The van der Waals surface area contributed by atoms with E-state index in [1.807, 2.05) is 13.0 Å². The van der Waals surface area contributed by atoms with Crippen LogP contribution in [0.1, 0.15) is 44.1 Å². The number of rotatable bonds is 5. The van der Waals surface area contributed by atoms with Gasteiger partial charge in [0.1, 0.15) is 0 Å². The molecule has 2 aliphatic rings. The number of carbonyl (C=O) groups is 3. The first-order valence-electron chi connectivity index (χ1n) is 9.01. The molecular weight excluding hydrogens is 318 g/mol. The summed E-state index contributed by atoms with van der Waals surface area (Å²) in [6.45, 7) is 3.93. The third-order valence-corrected chi connectivity index (χ3v) is 5.01. The maximum absolute atomic E-state index is 12.2. The first-order chi connectivity index (χ1) is 12.0. The van der Waals surface area contributed by atoms with Gasteiger partial charge in [-0.3, -0.25) is 19.3 Å². The van der Waals surface area contributed by atoms with Crippen molar-refractivity contribution in [2.75, 3.05) is 23.3 Å². The number of piperidine rings is 1. The molecule has 6 nitrogen and oxygen atoms in total. The molecule has 0 radical (unpaired) electrons. The maximum Gasteiger partial charge on any atom is 0.234 e. The van der Waals surface area contributed by atoms with Crippen molar-refractivity contribution >= 4 is 29.1 Å². The van der Waals surface area contributed by atoms with Crippen LogP contribution in [0.25, 0.3) is 0 Å². The minimum absolute atomic E-state index is 0.0130. The zero-order valence-corrected chi connectivity index (χ0v) is 14.6. The molecule has 1 aromatic rings. The molecule has 3 rings (SSSR count). The van der Waals surface area contributed by atoms with Crippen LogP contribution >= 0.6 is 0 Å². The van der Waals surface area contributed by atoms with Crippen LogP contribution in [0, 0.1) is 12.8 Å². The van der Waals surface area contributed by atoms with Gasteiger partial charge in [0.15, 0.2) is 0 Å². The second-order valence-electron chi connectivity index (χ2n) is 6.90. The number of aryl methyl sites for hydroxylation is 1. The Morgan fingerprint density at radius 3 is 2.52 bits per heavy atom. The van der Waals surface area contributed by atoms with Crippen LogP contribution in [0.5, 0.6) is 0 Å². The topological polar surface area (TPSA) is 78.5 Å². The molecule has 0 spiro atoms. The molecule has 2 aliphatic heterocycles. The van der Waals surface area contributed by atoms with E-state index < -0.39 is 0 Å². The van der Waals surface area contributed by atoms with Crippen molar-refractivity contribution in [3.8, 4) is 0 Å². The second-order valence-corrected chi connectivity index (χ2v) is 6.90. The van der Waals surface area contributed by atoms with E-state index in [9.17, 15) is 14.4 Å². The molecule has 25 heavy (non-hydrogen) atoms. The number of amides is 3. The second kappa shape index (κ2) is 7.78. The summed E-state index contributed by atoms with van der Waals surface area (Å²) in [5.41, 5.74) is 2.12. The van der Waals surface area contributed by atoms with Crippen molar-refractivity contribution in [2.24, 2.45) is 5.92 Å². The number of carbonyl (C=O) groups excluding carboxylic acids is 3. The normalized spacial score (nSPS) is 18.7. The number of hydrogen-bond acceptors (Lipinski definition) is 4. The Balaban J connectivity index is 1.58. The van der Waals surface area contributed by atoms with Gasteiger partial charge in [-0.25, -0.2) is 0 Å². The number of anilines is 2. The van der Waals surface area contributed by atoms with Gasteiger partial charge < -0.3 is 10.6 Å². The summed E-state index contributed by atoms with van der Waals surface area (Å²) in [5.74, 6) is 0.320. The Kier molecular flexibility index (Phi) is 5.48. The van der Waals surface area contributed by atoms with E-state index in [2.05, 4.69) is 10.6 Å². The minimum Gasteiger partial charge on any atom is -0.326 e. The SMILES string of the molecule is Cc1cc(NC(=O)CCC2CCNCC2)ccc1N1C(=O)CCC1=O. The molecule has 3 amide bonds. The molecule has 2 N–H and O–H groups in total. The summed E-state index contributed by atoms with van der Waals surface area (Å²) in [6, 6.07) is 5.30. The lowest BCUT2D eigenvalue weighted by Gasteiger charge is -2.22. The van der Waals surface area contributed by atoms with Gasteiger partial charge in [-0.1, -0.05) is 0 Å². The van der Waals surface area contributed by atoms with Gasteiger partial charge >= 0.3 is 0 Å². The number of nitrogens with one attached hydrogen (secondary N) is 2. The number of imide groups is 1. The molecule has 0 aromatic heterocycles. The Hall–Kier alpha value is -2.21. The lowest BCUT2D eigenvalue weighted by Crippen LogP contribution is -2.29. The summed E-state index contributed by atoms with van der Waals surface area (Å²) in [7, 11) is 0. The molecule has 0 aliphatic carbocycles. The highest BCUT2D eigenvalue weighted by atomic mass is 16.2. The van der Waals surface area contributed by atoms with E-state index in [1.165, 1.54) is 4.90 Å². The summed E-state index contributed by atoms with van der Waals surface area (Å²) < 4.78 is 0. The average Bonchev–Trinajstić information content (AvgIpc) is 2.93. The molecule has 6 heteroatoms. The van der Waals surface area contributed by atoms with Gasteiger partial charge in [0.05, 0.1) is 5.69 Å². The first-order valence-corrected chi connectivity index (χ1v) is 9.01. The van der Waals surface area contributed by atoms with E-state index in [-0.39, 0.29) is 30.6 Å². The quantitative estimate of drug-likeness (QED) is 0.805. The largest absolute Gasteiger partial charge is 0.326 e. The lowest BCUT2D eigenvalue weighted by atomic mass is 9.93. The molecular formula is C19H25N3O3. The molecule has 1 aromatic carbocycles. The molecule has 0 atom stereocenters. The molecule has 0 bridgehead atoms. The number of hydrogen-bond donors (Lipinski definition) is 2. The number of benzene rings is 1. The van der Waals surface area contributed by atoms with Crippen LogP contribution in [0.15, 0.2) is 18.2 Å². The van der Waals surface area contributed by atoms with Crippen molar-refractivity contribution in [3.63, 3.8) is 0 Å². The Bertz CT molecular complexity index is 664. The molecule has 134 valence electrons. The fraction of sp³-hybridized carbons (Fsp3) is 0.526. The van der Waals surface area contributed by atoms with Gasteiger partial charge in [-0.05, 0) is 69.0 Å². The summed E-state index contributed by atoms with van der Waals surface area (Å²) in [5, 5.41) is 6.25. The third kappa shape index (κ3) is 4.25. The maximum atomic E-state index is 12.2. The van der Waals surface area contributed by atoms with Crippen LogP contribution in [-0.2, 0) is 14.4 Å². The van der Waals surface area contributed by atoms with Crippen molar-refractivity contribution in [1.82, 2.24) is 5.32 Å². The average molecular weight is 343 g/mol. The fourth-order valence-corrected chi connectivity index (χ4v) is 3.56. The van der Waals surface area contributed by atoms with Crippen LogP contribution in [-0.4, -0.2) is 30.8 Å². The minimum atomic E-state index is -0.160. The number of nitrogens with zero attached hydrogens (tertiary/aromatic N) is 1. The van der Waals surface area contributed by atoms with Gasteiger partial charge in [0, 0.05) is 24.9 Å². The van der Waals surface area contributed by atoms with Crippen LogP contribution in [0.3, 0.4) is 0 Å². The highest BCUT2D eigenvalue weighted by molar-refractivity contribution is 6.20. The molecule has 2 saturated heterocycles. The third-order valence-electron chi connectivity index (χ3n) is 5.01. The predicted octanol–water partition coefficient (Wildman–Crippen LogP) is 2.37. The summed E-state index contributed by atoms with van der Waals surface area (Å²) in [4.78, 5) is 37.1. The van der Waals surface area contributed by atoms with Crippen molar-refractivity contribution in [2.45, 2.75) is 45.4 Å². The van der Waals surface area contributed by atoms with Crippen LogP contribution < -0.4 is 15.5 Å². The lowest BCUT2D eigenvalue weighted by molar-refractivity contribution is -0.121. The smallest absolute Gasteiger partial charge is 0.234 e. The van der Waals surface area contributed by atoms with E-state index in [0.717, 1.165) is 37.9 Å². The van der Waals surface area contributed by atoms with Gasteiger partial charge in [-0.15, -0.1) is 0 Å².